The van der Waals surface area contributed by atoms with Crippen LogP contribution in [0.5, 0.6) is 0 Å². The van der Waals surface area contributed by atoms with Gasteiger partial charge >= 0.3 is 0 Å². The van der Waals surface area contributed by atoms with Crippen LogP contribution in [0.3, 0.4) is 0 Å². The maximum absolute atomic E-state index is 11.6. The Morgan fingerprint density at radius 2 is 2.20 bits per heavy atom. The molecule has 0 saturated carbocycles. The highest BCUT2D eigenvalue weighted by Gasteiger charge is 2.19. The molecule has 0 aromatic heterocycles. The largest absolute Gasteiger partial charge is 0.356 e. The molecule has 15 heavy (non-hydrogen) atoms. The molecule has 2 rings (SSSR count). The molecular weight excluding hydrogens is 188 g/mol. The number of amides is 1. The lowest BCUT2D eigenvalue weighted by atomic mass is 10.1. The van der Waals surface area contributed by atoms with Crippen molar-refractivity contribution >= 4 is 5.91 Å². The molecule has 1 fully saturated rings. The van der Waals surface area contributed by atoms with Gasteiger partial charge in [0.15, 0.2) is 0 Å². The molecule has 1 atom stereocenters. The number of rotatable bonds is 4. The Morgan fingerprint density at radius 1 is 1.40 bits per heavy atom. The fourth-order valence-electron chi connectivity index (χ4n) is 2.35. The molecule has 2 N–H and O–H groups in total. The summed E-state index contributed by atoms with van der Waals surface area (Å²) >= 11 is 0. The average molecular weight is 208 g/mol. The van der Waals surface area contributed by atoms with Crippen LogP contribution in [0.4, 0.5) is 0 Å². The van der Waals surface area contributed by atoms with Crippen molar-refractivity contribution < 1.29 is 4.79 Å². The van der Waals surface area contributed by atoms with E-state index >= 15 is 0 Å². The third kappa shape index (κ3) is 3.06. The summed E-state index contributed by atoms with van der Waals surface area (Å²) in [5, 5.41) is 6.47. The van der Waals surface area contributed by atoms with Gasteiger partial charge < -0.3 is 10.6 Å². The lowest BCUT2D eigenvalue weighted by molar-refractivity contribution is -0.124. The summed E-state index contributed by atoms with van der Waals surface area (Å²) in [4.78, 5) is 11.6. The van der Waals surface area contributed by atoms with E-state index in [0.717, 1.165) is 32.4 Å². The molecule has 0 aromatic rings. The number of nitrogens with one attached hydrogen (secondary N) is 2. The Balaban J connectivity index is 1.58. The molecule has 0 aromatic carbocycles. The molecule has 0 bridgehead atoms. The Hall–Kier alpha value is -0.830. The molecule has 1 saturated heterocycles. The summed E-state index contributed by atoms with van der Waals surface area (Å²) in [6.45, 7) is 1.97. The van der Waals surface area contributed by atoms with Crippen molar-refractivity contribution in [2.45, 2.75) is 38.1 Å². The highest BCUT2D eigenvalue weighted by molar-refractivity contribution is 5.79. The minimum Gasteiger partial charge on any atom is -0.356 e. The zero-order chi connectivity index (χ0) is 10.5. The van der Waals surface area contributed by atoms with E-state index in [9.17, 15) is 4.79 Å². The van der Waals surface area contributed by atoms with Gasteiger partial charge in [0, 0.05) is 18.5 Å². The maximum Gasteiger partial charge on any atom is 0.223 e. The smallest absolute Gasteiger partial charge is 0.223 e. The van der Waals surface area contributed by atoms with Crippen LogP contribution in [0, 0.1) is 5.92 Å². The van der Waals surface area contributed by atoms with Crippen LogP contribution in [0.25, 0.3) is 0 Å². The zero-order valence-electron chi connectivity index (χ0n) is 9.17. The van der Waals surface area contributed by atoms with E-state index in [1.807, 2.05) is 0 Å². The molecular formula is C12H20N2O. The van der Waals surface area contributed by atoms with Crippen LogP contribution < -0.4 is 10.6 Å². The van der Waals surface area contributed by atoms with Crippen molar-refractivity contribution in [2.75, 3.05) is 13.1 Å². The van der Waals surface area contributed by atoms with Crippen LogP contribution in [0.15, 0.2) is 12.2 Å². The summed E-state index contributed by atoms with van der Waals surface area (Å²) in [5.74, 6) is 0.444. The molecule has 0 spiro atoms. The lowest BCUT2D eigenvalue weighted by Gasteiger charge is -2.13. The SMILES string of the molecule is O=C(NCCC1CCCN1)C1CC=CC1. The molecule has 3 nitrogen and oxygen atoms in total. The van der Waals surface area contributed by atoms with Crippen molar-refractivity contribution in [1.29, 1.82) is 0 Å². The van der Waals surface area contributed by atoms with E-state index in [-0.39, 0.29) is 11.8 Å². The van der Waals surface area contributed by atoms with Gasteiger partial charge in [-0.1, -0.05) is 12.2 Å². The second-order valence-electron chi connectivity index (χ2n) is 4.51. The molecule has 1 aliphatic heterocycles. The van der Waals surface area contributed by atoms with Crippen molar-refractivity contribution in [1.82, 2.24) is 10.6 Å². The second kappa shape index (κ2) is 5.31. The van der Waals surface area contributed by atoms with E-state index in [0.29, 0.717) is 6.04 Å². The normalized spacial score (nSPS) is 26.0. The first kappa shape index (κ1) is 10.7. The first-order chi connectivity index (χ1) is 7.36. The number of allylic oxidation sites excluding steroid dienone is 2. The predicted octanol–water partition coefficient (Wildman–Crippen LogP) is 1.21. The van der Waals surface area contributed by atoms with Gasteiger partial charge in [-0.25, -0.2) is 0 Å². The van der Waals surface area contributed by atoms with E-state index in [2.05, 4.69) is 22.8 Å². The molecule has 0 radical (unpaired) electrons. The first-order valence-electron chi connectivity index (χ1n) is 6.02. The summed E-state index contributed by atoms with van der Waals surface area (Å²) in [6.07, 6.45) is 9.67. The van der Waals surface area contributed by atoms with Gasteiger partial charge in [-0.2, -0.15) is 0 Å². The first-order valence-corrected chi connectivity index (χ1v) is 6.02. The van der Waals surface area contributed by atoms with Crippen molar-refractivity contribution in [2.24, 2.45) is 5.92 Å². The Morgan fingerprint density at radius 3 is 2.87 bits per heavy atom. The van der Waals surface area contributed by atoms with E-state index in [1.54, 1.807) is 0 Å². The number of hydrogen-bond acceptors (Lipinski definition) is 2. The van der Waals surface area contributed by atoms with Gasteiger partial charge in [0.2, 0.25) is 5.91 Å². The van der Waals surface area contributed by atoms with E-state index < -0.39 is 0 Å². The third-order valence-electron chi connectivity index (χ3n) is 3.33. The molecule has 2 aliphatic rings. The molecule has 3 heteroatoms. The topological polar surface area (TPSA) is 41.1 Å². The van der Waals surface area contributed by atoms with Crippen LogP contribution in [0.2, 0.25) is 0 Å². The summed E-state index contributed by atoms with van der Waals surface area (Å²) < 4.78 is 0. The summed E-state index contributed by atoms with van der Waals surface area (Å²) in [7, 11) is 0. The molecule has 84 valence electrons. The standard InChI is InChI=1S/C12H20N2O/c15-12(10-4-1-2-5-10)14-9-7-11-6-3-8-13-11/h1-2,10-11,13H,3-9H2,(H,14,15). The highest BCUT2D eigenvalue weighted by atomic mass is 16.1. The predicted molar refractivity (Wildman–Crippen MR) is 60.5 cm³/mol. The minimum absolute atomic E-state index is 0.210. The van der Waals surface area contributed by atoms with Gasteiger partial charge in [0.05, 0.1) is 0 Å². The number of hydrogen-bond donors (Lipinski definition) is 2. The zero-order valence-corrected chi connectivity index (χ0v) is 9.17. The third-order valence-corrected chi connectivity index (χ3v) is 3.33. The summed E-state index contributed by atoms with van der Waals surface area (Å²) in [5.41, 5.74) is 0. The van der Waals surface area contributed by atoms with Gasteiger partial charge in [0.1, 0.15) is 0 Å². The molecule has 1 unspecified atom stereocenters. The van der Waals surface area contributed by atoms with Gasteiger partial charge in [-0.15, -0.1) is 0 Å². The van der Waals surface area contributed by atoms with Gasteiger partial charge in [-0.3, -0.25) is 4.79 Å². The Bertz CT molecular complexity index is 236. The molecule has 1 amide bonds. The average Bonchev–Trinajstić information content (AvgIpc) is 2.90. The number of carbonyl (C=O) groups excluding carboxylic acids is 1. The quantitative estimate of drug-likeness (QED) is 0.682. The minimum atomic E-state index is 0.210. The lowest BCUT2D eigenvalue weighted by Crippen LogP contribution is -2.33. The maximum atomic E-state index is 11.6. The Labute approximate surface area is 91.3 Å². The number of carbonyl (C=O) groups is 1. The van der Waals surface area contributed by atoms with Crippen LogP contribution in [-0.4, -0.2) is 25.0 Å². The van der Waals surface area contributed by atoms with Crippen LogP contribution in [0.1, 0.15) is 32.1 Å². The molecule has 1 aliphatic carbocycles. The van der Waals surface area contributed by atoms with Gasteiger partial charge in [0.25, 0.3) is 0 Å². The van der Waals surface area contributed by atoms with Crippen molar-refractivity contribution in [3.05, 3.63) is 12.2 Å². The van der Waals surface area contributed by atoms with E-state index in [1.165, 1.54) is 12.8 Å². The van der Waals surface area contributed by atoms with Crippen molar-refractivity contribution in [3.63, 3.8) is 0 Å². The highest BCUT2D eigenvalue weighted by Crippen LogP contribution is 2.17. The fraction of sp³-hybridized carbons (Fsp3) is 0.750. The van der Waals surface area contributed by atoms with E-state index in [4.69, 9.17) is 0 Å². The summed E-state index contributed by atoms with van der Waals surface area (Å²) in [6, 6.07) is 0.631. The second-order valence-corrected chi connectivity index (χ2v) is 4.51. The van der Waals surface area contributed by atoms with Crippen LogP contribution in [-0.2, 0) is 4.79 Å². The van der Waals surface area contributed by atoms with Crippen LogP contribution >= 0.6 is 0 Å². The monoisotopic (exact) mass is 208 g/mol. The Kier molecular flexibility index (Phi) is 3.78. The van der Waals surface area contributed by atoms with Gasteiger partial charge in [-0.05, 0) is 38.6 Å². The van der Waals surface area contributed by atoms with Crippen molar-refractivity contribution in [3.8, 4) is 0 Å². The molecule has 1 heterocycles. The fourth-order valence-corrected chi connectivity index (χ4v) is 2.35.